The van der Waals surface area contributed by atoms with Crippen molar-refractivity contribution in [2.24, 2.45) is 0 Å². The van der Waals surface area contributed by atoms with E-state index in [4.69, 9.17) is 11.6 Å². The highest BCUT2D eigenvalue weighted by Crippen LogP contribution is 2.18. The second kappa shape index (κ2) is 9.67. The molecule has 0 radical (unpaired) electrons. The van der Waals surface area contributed by atoms with Crippen LogP contribution >= 0.6 is 11.6 Å². The second-order valence-electron chi connectivity index (χ2n) is 7.05. The molecule has 29 heavy (non-hydrogen) atoms. The van der Waals surface area contributed by atoms with E-state index >= 15 is 0 Å². The second-order valence-corrected chi connectivity index (χ2v) is 7.45. The Bertz CT molecular complexity index is 890. The first-order chi connectivity index (χ1) is 13.9. The Morgan fingerprint density at radius 2 is 1.62 bits per heavy atom. The molecule has 2 aromatic carbocycles. The maximum Gasteiger partial charge on any atom is 0.255 e. The number of halogens is 1. The van der Waals surface area contributed by atoms with E-state index in [1.54, 1.807) is 47.4 Å². The van der Waals surface area contributed by atoms with Crippen LogP contribution in [0.1, 0.15) is 34.1 Å². The lowest BCUT2D eigenvalue weighted by Crippen LogP contribution is -2.49. The van der Waals surface area contributed by atoms with Crippen molar-refractivity contribution < 1.29 is 14.4 Å². The molecule has 1 aliphatic heterocycles. The third-order valence-corrected chi connectivity index (χ3v) is 5.32. The predicted octanol–water partition coefficient (Wildman–Crippen LogP) is 3.33. The molecule has 0 bridgehead atoms. The van der Waals surface area contributed by atoms with Gasteiger partial charge in [0.2, 0.25) is 5.91 Å². The van der Waals surface area contributed by atoms with E-state index < -0.39 is 0 Å². The van der Waals surface area contributed by atoms with Gasteiger partial charge in [-0.15, -0.1) is 0 Å². The summed E-state index contributed by atoms with van der Waals surface area (Å²) in [4.78, 5) is 40.1. The van der Waals surface area contributed by atoms with E-state index in [2.05, 4.69) is 10.2 Å². The van der Waals surface area contributed by atoms with Gasteiger partial charge in [0.05, 0.1) is 10.6 Å². The van der Waals surface area contributed by atoms with Crippen LogP contribution in [0, 0.1) is 0 Å². The lowest BCUT2D eigenvalue weighted by Gasteiger charge is -2.34. The van der Waals surface area contributed by atoms with E-state index in [-0.39, 0.29) is 17.6 Å². The number of anilines is 1. The lowest BCUT2D eigenvalue weighted by molar-refractivity contribution is -0.116. The Hall–Kier alpha value is -2.70. The fourth-order valence-corrected chi connectivity index (χ4v) is 3.47. The Balaban J connectivity index is 1.42. The summed E-state index contributed by atoms with van der Waals surface area (Å²) in [5.74, 6) is -0.132. The maximum absolute atomic E-state index is 12.6. The number of rotatable bonds is 6. The molecule has 0 saturated carbocycles. The molecule has 2 amide bonds. The summed E-state index contributed by atoms with van der Waals surface area (Å²) >= 11 is 6.12. The van der Waals surface area contributed by atoms with Crippen LogP contribution in [0.25, 0.3) is 0 Å². The van der Waals surface area contributed by atoms with Gasteiger partial charge in [0.1, 0.15) is 0 Å². The monoisotopic (exact) mass is 413 g/mol. The third kappa shape index (κ3) is 5.65. The first-order valence-electron chi connectivity index (χ1n) is 9.61. The SMILES string of the molecule is CC(=O)c1ccc(NC(=O)CCN2CCN(C(=O)c3ccccc3Cl)CC2)cc1. The van der Waals surface area contributed by atoms with Crippen LogP contribution < -0.4 is 5.32 Å². The molecule has 3 rings (SSSR count). The number of carbonyl (C=O) groups is 3. The van der Waals surface area contributed by atoms with Gasteiger partial charge in [0, 0.05) is 50.4 Å². The van der Waals surface area contributed by atoms with Gasteiger partial charge >= 0.3 is 0 Å². The normalized spacial score (nSPS) is 14.5. The largest absolute Gasteiger partial charge is 0.336 e. The average molecular weight is 414 g/mol. The molecule has 152 valence electrons. The summed E-state index contributed by atoms with van der Waals surface area (Å²) in [6, 6.07) is 13.9. The quantitative estimate of drug-likeness (QED) is 0.737. The number of nitrogens with zero attached hydrogens (tertiary/aromatic N) is 2. The summed E-state index contributed by atoms with van der Waals surface area (Å²) in [7, 11) is 0. The smallest absolute Gasteiger partial charge is 0.255 e. The van der Waals surface area contributed by atoms with Crippen molar-refractivity contribution in [3.63, 3.8) is 0 Å². The van der Waals surface area contributed by atoms with Gasteiger partial charge in [-0.25, -0.2) is 0 Å². The highest BCUT2D eigenvalue weighted by Gasteiger charge is 2.23. The van der Waals surface area contributed by atoms with Crippen LogP contribution in [0.4, 0.5) is 5.69 Å². The average Bonchev–Trinajstić information content (AvgIpc) is 2.73. The van der Waals surface area contributed by atoms with E-state index in [1.807, 2.05) is 6.07 Å². The molecule has 1 fully saturated rings. The number of nitrogens with one attached hydrogen (secondary N) is 1. The number of benzene rings is 2. The first-order valence-corrected chi connectivity index (χ1v) is 9.99. The summed E-state index contributed by atoms with van der Waals surface area (Å²) in [6.45, 7) is 4.80. The Morgan fingerprint density at radius 1 is 0.966 bits per heavy atom. The van der Waals surface area contributed by atoms with Crippen LogP contribution in [0.5, 0.6) is 0 Å². The molecule has 1 N–H and O–H groups in total. The number of ketones is 1. The minimum atomic E-state index is -0.0739. The number of amides is 2. The number of piperazine rings is 1. The van der Waals surface area contributed by atoms with Gasteiger partial charge in [-0.3, -0.25) is 19.3 Å². The zero-order valence-electron chi connectivity index (χ0n) is 16.4. The Labute approximate surface area is 175 Å². The first kappa shape index (κ1) is 21.0. The molecule has 1 saturated heterocycles. The van der Waals surface area contributed by atoms with Gasteiger partial charge in [0.25, 0.3) is 5.91 Å². The summed E-state index contributed by atoms with van der Waals surface area (Å²) < 4.78 is 0. The summed E-state index contributed by atoms with van der Waals surface area (Å²) in [5.41, 5.74) is 1.82. The molecule has 0 unspecified atom stereocenters. The van der Waals surface area contributed by atoms with Gasteiger partial charge in [-0.2, -0.15) is 0 Å². The van der Waals surface area contributed by atoms with Crippen molar-refractivity contribution in [3.05, 3.63) is 64.7 Å². The predicted molar refractivity (Wildman–Crippen MR) is 113 cm³/mol. The van der Waals surface area contributed by atoms with E-state index in [9.17, 15) is 14.4 Å². The third-order valence-electron chi connectivity index (χ3n) is 4.99. The topological polar surface area (TPSA) is 69.7 Å². The summed E-state index contributed by atoms with van der Waals surface area (Å²) in [6.07, 6.45) is 0.368. The van der Waals surface area contributed by atoms with Crippen LogP contribution in [0.2, 0.25) is 5.02 Å². The Kier molecular flexibility index (Phi) is 7.01. The molecule has 0 spiro atoms. The molecule has 1 heterocycles. The number of hydrogen-bond donors (Lipinski definition) is 1. The van der Waals surface area contributed by atoms with Gasteiger partial charge < -0.3 is 10.2 Å². The molecule has 1 aliphatic rings. The lowest BCUT2D eigenvalue weighted by atomic mass is 10.1. The molecular weight excluding hydrogens is 390 g/mol. The van der Waals surface area contributed by atoms with Crippen molar-refractivity contribution in [2.45, 2.75) is 13.3 Å². The van der Waals surface area contributed by atoms with Gasteiger partial charge in [-0.1, -0.05) is 23.7 Å². The van der Waals surface area contributed by atoms with Gasteiger partial charge in [0.15, 0.2) is 5.78 Å². The minimum absolute atomic E-state index is 0.00460. The van der Waals surface area contributed by atoms with Crippen LogP contribution in [0.15, 0.2) is 48.5 Å². The molecule has 0 aliphatic carbocycles. The van der Waals surface area contributed by atoms with Crippen molar-refractivity contribution in [2.75, 3.05) is 38.0 Å². The van der Waals surface area contributed by atoms with E-state index in [1.165, 1.54) is 6.92 Å². The van der Waals surface area contributed by atoms with Crippen molar-refractivity contribution >= 4 is 34.9 Å². The molecule has 0 aromatic heterocycles. The highest BCUT2D eigenvalue weighted by atomic mass is 35.5. The number of hydrogen-bond acceptors (Lipinski definition) is 4. The van der Waals surface area contributed by atoms with Crippen molar-refractivity contribution in [1.29, 1.82) is 0 Å². The van der Waals surface area contributed by atoms with Crippen LogP contribution in [-0.4, -0.2) is 60.1 Å². The van der Waals surface area contributed by atoms with Gasteiger partial charge in [-0.05, 0) is 43.3 Å². The standard InChI is InChI=1S/C22H24ClN3O3/c1-16(27)17-6-8-18(9-7-17)24-21(28)10-11-25-12-14-26(15-13-25)22(29)19-4-2-3-5-20(19)23/h2-9H,10-15H2,1H3,(H,24,28). The van der Waals surface area contributed by atoms with E-state index in [0.717, 1.165) is 13.1 Å². The molecule has 2 aromatic rings. The molecule has 7 heteroatoms. The molecular formula is C22H24ClN3O3. The van der Waals surface area contributed by atoms with Crippen molar-refractivity contribution in [1.82, 2.24) is 9.80 Å². The van der Waals surface area contributed by atoms with Crippen molar-refractivity contribution in [3.8, 4) is 0 Å². The highest BCUT2D eigenvalue weighted by molar-refractivity contribution is 6.33. The maximum atomic E-state index is 12.6. The van der Waals surface area contributed by atoms with Crippen LogP contribution in [-0.2, 0) is 4.79 Å². The van der Waals surface area contributed by atoms with E-state index in [0.29, 0.717) is 47.9 Å². The zero-order valence-corrected chi connectivity index (χ0v) is 17.1. The minimum Gasteiger partial charge on any atom is -0.336 e. The fraction of sp³-hybridized carbons (Fsp3) is 0.318. The number of Topliss-reactive ketones (excluding diaryl/α,β-unsaturated/α-hetero) is 1. The number of carbonyl (C=O) groups excluding carboxylic acids is 3. The Morgan fingerprint density at radius 3 is 2.24 bits per heavy atom. The summed E-state index contributed by atoms with van der Waals surface area (Å²) in [5, 5.41) is 3.31. The zero-order chi connectivity index (χ0) is 20.8. The fourth-order valence-electron chi connectivity index (χ4n) is 3.25. The molecule has 6 nitrogen and oxygen atoms in total. The van der Waals surface area contributed by atoms with Crippen LogP contribution in [0.3, 0.4) is 0 Å². The molecule has 0 atom stereocenters.